The van der Waals surface area contributed by atoms with E-state index in [2.05, 4.69) is 19.4 Å². The van der Waals surface area contributed by atoms with Gasteiger partial charge in [0, 0.05) is 5.69 Å². The molecule has 2 aromatic carbocycles. The minimum absolute atomic E-state index is 0.139. The number of fused-ring (bicyclic) bond motifs is 1. The quantitative estimate of drug-likeness (QED) is 0.721. The van der Waals surface area contributed by atoms with Crippen LogP contribution < -0.4 is 15.4 Å². The Hall–Kier alpha value is -2.67. The number of ether oxygens (including phenoxy) is 1. The third kappa shape index (κ3) is 3.75. The van der Waals surface area contributed by atoms with Crippen LogP contribution in [-0.2, 0) is 16.1 Å². The van der Waals surface area contributed by atoms with Crippen LogP contribution in [0.3, 0.4) is 0 Å². The van der Waals surface area contributed by atoms with Gasteiger partial charge >= 0.3 is 0 Å². The second-order valence-corrected chi connectivity index (χ2v) is 5.33. The van der Waals surface area contributed by atoms with Gasteiger partial charge in [0.25, 0.3) is 0 Å². The summed E-state index contributed by atoms with van der Waals surface area (Å²) in [5.74, 6) is 0.671. The highest BCUT2D eigenvalue weighted by Crippen LogP contribution is 2.38. The summed E-state index contributed by atoms with van der Waals surface area (Å²) in [6.45, 7) is 2.74. The summed E-state index contributed by atoms with van der Waals surface area (Å²) < 4.78 is 13.7. The van der Waals surface area contributed by atoms with Gasteiger partial charge in [-0.3, -0.25) is 4.79 Å². The SMILES string of the molecule is CCOc1ccc(NCC(=O)Nc2cccc3c2N=S=N3)cc1. The van der Waals surface area contributed by atoms with Gasteiger partial charge in [-0.15, -0.1) is 0 Å². The first kappa shape index (κ1) is 15.2. The van der Waals surface area contributed by atoms with Crippen LogP contribution in [0.5, 0.6) is 5.75 Å². The number of rotatable bonds is 6. The van der Waals surface area contributed by atoms with Gasteiger partial charge in [-0.05, 0) is 43.3 Å². The maximum Gasteiger partial charge on any atom is 0.243 e. The van der Waals surface area contributed by atoms with E-state index in [0.717, 1.165) is 28.5 Å². The van der Waals surface area contributed by atoms with Crippen molar-refractivity contribution in [1.82, 2.24) is 0 Å². The Balaban J connectivity index is 1.56. The molecule has 0 saturated heterocycles. The van der Waals surface area contributed by atoms with E-state index >= 15 is 0 Å². The van der Waals surface area contributed by atoms with Gasteiger partial charge in [-0.25, -0.2) is 0 Å². The zero-order chi connectivity index (χ0) is 16.1. The van der Waals surface area contributed by atoms with Crippen molar-refractivity contribution in [2.45, 2.75) is 6.92 Å². The molecule has 3 rings (SSSR count). The molecular weight excluding hydrogens is 312 g/mol. The maximum atomic E-state index is 12.1. The van der Waals surface area contributed by atoms with Gasteiger partial charge < -0.3 is 15.4 Å². The lowest BCUT2D eigenvalue weighted by molar-refractivity contribution is -0.114. The largest absolute Gasteiger partial charge is 0.494 e. The number of amides is 1. The Labute approximate surface area is 137 Å². The molecule has 7 heteroatoms. The van der Waals surface area contributed by atoms with Crippen LogP contribution in [0, 0.1) is 0 Å². The summed E-state index contributed by atoms with van der Waals surface area (Å²) in [6, 6.07) is 13.0. The minimum atomic E-state index is -0.139. The number of hydrogen-bond acceptors (Lipinski definition) is 5. The van der Waals surface area contributed by atoms with Crippen LogP contribution in [0.1, 0.15) is 6.92 Å². The number of benzene rings is 2. The van der Waals surface area contributed by atoms with E-state index in [4.69, 9.17) is 4.74 Å². The zero-order valence-corrected chi connectivity index (χ0v) is 13.4. The summed E-state index contributed by atoms with van der Waals surface area (Å²) in [6.07, 6.45) is 0. The fraction of sp³-hybridized carbons (Fsp3) is 0.188. The van der Waals surface area contributed by atoms with Gasteiger partial charge in [0.1, 0.15) is 17.1 Å². The van der Waals surface area contributed by atoms with Crippen molar-refractivity contribution in [3.05, 3.63) is 42.5 Å². The Morgan fingerprint density at radius 3 is 2.78 bits per heavy atom. The van der Waals surface area contributed by atoms with Crippen molar-refractivity contribution in [3.63, 3.8) is 0 Å². The molecule has 0 fully saturated rings. The number of nitrogens with one attached hydrogen (secondary N) is 2. The first-order chi connectivity index (χ1) is 11.3. The molecule has 0 unspecified atom stereocenters. The van der Waals surface area contributed by atoms with Crippen LogP contribution in [0.15, 0.2) is 51.2 Å². The monoisotopic (exact) mass is 328 g/mol. The average molecular weight is 328 g/mol. The number of hydrogen-bond donors (Lipinski definition) is 2. The summed E-state index contributed by atoms with van der Waals surface area (Å²) in [5.41, 5.74) is 3.03. The van der Waals surface area contributed by atoms with Gasteiger partial charge in [0.2, 0.25) is 5.91 Å². The molecule has 0 atom stereocenters. The Morgan fingerprint density at radius 2 is 2.00 bits per heavy atom. The second kappa shape index (κ2) is 7.06. The fourth-order valence-corrected chi connectivity index (χ4v) is 2.67. The first-order valence-corrected chi connectivity index (χ1v) is 7.97. The molecule has 23 heavy (non-hydrogen) atoms. The Kier molecular flexibility index (Phi) is 4.68. The molecule has 0 spiro atoms. The summed E-state index contributed by atoms with van der Waals surface area (Å²) >= 11 is 1.13. The second-order valence-electron chi connectivity index (χ2n) is 4.80. The molecule has 2 N–H and O–H groups in total. The lowest BCUT2D eigenvalue weighted by atomic mass is 10.2. The van der Waals surface area contributed by atoms with Gasteiger partial charge in [0.15, 0.2) is 0 Å². The molecule has 1 aliphatic rings. The Bertz CT molecular complexity index is 783. The van der Waals surface area contributed by atoms with Crippen LogP contribution in [0.4, 0.5) is 22.7 Å². The van der Waals surface area contributed by atoms with Crippen molar-refractivity contribution in [3.8, 4) is 5.75 Å². The van der Waals surface area contributed by atoms with E-state index in [1.807, 2.05) is 49.4 Å². The fourth-order valence-electron chi connectivity index (χ4n) is 2.12. The molecule has 6 nitrogen and oxygen atoms in total. The van der Waals surface area contributed by atoms with E-state index in [9.17, 15) is 4.79 Å². The smallest absolute Gasteiger partial charge is 0.243 e. The van der Waals surface area contributed by atoms with Crippen LogP contribution in [0.25, 0.3) is 0 Å². The molecule has 1 amide bonds. The molecule has 2 aromatic rings. The highest BCUT2D eigenvalue weighted by Gasteiger charge is 2.12. The zero-order valence-electron chi connectivity index (χ0n) is 12.6. The molecular formula is C16H16N4O2S. The average Bonchev–Trinajstić information content (AvgIpc) is 3.04. The number of carbonyl (C=O) groups excluding carboxylic acids is 1. The summed E-state index contributed by atoms with van der Waals surface area (Å²) in [7, 11) is 0. The van der Waals surface area contributed by atoms with Crippen molar-refractivity contribution in [1.29, 1.82) is 0 Å². The van der Waals surface area contributed by atoms with Crippen molar-refractivity contribution in [2.75, 3.05) is 23.8 Å². The normalized spacial score (nSPS) is 11.5. The van der Waals surface area contributed by atoms with E-state index in [1.54, 1.807) is 0 Å². The molecule has 0 radical (unpaired) electrons. The number of nitrogens with zero attached hydrogens (tertiary/aromatic N) is 2. The van der Waals surface area contributed by atoms with Gasteiger partial charge in [0.05, 0.1) is 30.2 Å². The predicted molar refractivity (Wildman–Crippen MR) is 92.7 cm³/mol. The first-order valence-electron chi connectivity index (χ1n) is 7.24. The Morgan fingerprint density at radius 1 is 1.17 bits per heavy atom. The maximum absolute atomic E-state index is 12.1. The minimum Gasteiger partial charge on any atom is -0.494 e. The molecule has 0 saturated carbocycles. The van der Waals surface area contributed by atoms with Crippen LogP contribution >= 0.6 is 0 Å². The standard InChI is InChI=1S/C16H16N4O2S/c1-2-22-12-8-6-11(7-9-12)17-10-15(21)18-13-4-3-5-14-16(13)20-23-19-14/h3-9,17H,2,10H2,1H3,(H,18,21). The third-order valence-corrected chi connectivity index (χ3v) is 3.72. The van der Waals surface area contributed by atoms with Crippen LogP contribution in [-0.4, -0.2) is 19.1 Å². The van der Waals surface area contributed by atoms with Crippen molar-refractivity contribution in [2.24, 2.45) is 8.73 Å². The molecule has 1 aliphatic heterocycles. The van der Waals surface area contributed by atoms with Crippen molar-refractivity contribution < 1.29 is 9.53 Å². The molecule has 0 aliphatic carbocycles. The number of carbonyl (C=O) groups is 1. The summed E-state index contributed by atoms with van der Waals surface area (Å²) in [4.78, 5) is 12.1. The molecule has 0 aromatic heterocycles. The summed E-state index contributed by atoms with van der Waals surface area (Å²) in [5, 5.41) is 5.93. The highest BCUT2D eigenvalue weighted by atomic mass is 32.1. The predicted octanol–water partition coefficient (Wildman–Crippen LogP) is 3.86. The van der Waals surface area contributed by atoms with E-state index in [0.29, 0.717) is 18.0 Å². The van der Waals surface area contributed by atoms with Gasteiger partial charge in [-0.2, -0.15) is 8.73 Å². The lowest BCUT2D eigenvalue weighted by Crippen LogP contribution is -2.21. The topological polar surface area (TPSA) is 75.1 Å². The van der Waals surface area contributed by atoms with E-state index in [-0.39, 0.29) is 12.5 Å². The van der Waals surface area contributed by atoms with Crippen molar-refractivity contribution >= 4 is 40.0 Å². The lowest BCUT2D eigenvalue weighted by Gasteiger charge is -2.10. The highest BCUT2D eigenvalue weighted by molar-refractivity contribution is 7.58. The van der Waals surface area contributed by atoms with Gasteiger partial charge in [-0.1, -0.05) is 6.07 Å². The molecule has 0 bridgehead atoms. The van der Waals surface area contributed by atoms with E-state index in [1.165, 1.54) is 0 Å². The number of anilines is 2. The third-order valence-electron chi connectivity index (χ3n) is 3.18. The molecule has 1 heterocycles. The van der Waals surface area contributed by atoms with E-state index < -0.39 is 0 Å². The van der Waals surface area contributed by atoms with Crippen LogP contribution in [0.2, 0.25) is 0 Å². The molecule has 118 valence electrons.